The molecule has 0 saturated heterocycles. The standard InChI is InChI=1S/C11H14N2O/c1-8(2)13-6-10-4-3-9(7-14)5-11(10)12-13/h3-6,8,14H,7H2,1-2H3. The van der Waals surface area contributed by atoms with Gasteiger partial charge in [-0.2, -0.15) is 5.10 Å². The maximum atomic E-state index is 8.98. The predicted octanol–water partition coefficient (Wildman–Crippen LogP) is 2.11. The average molecular weight is 190 g/mol. The zero-order valence-electron chi connectivity index (χ0n) is 8.44. The summed E-state index contributed by atoms with van der Waals surface area (Å²) in [5.41, 5.74) is 1.86. The van der Waals surface area contributed by atoms with E-state index >= 15 is 0 Å². The molecule has 0 atom stereocenters. The van der Waals surface area contributed by atoms with Crippen LogP contribution < -0.4 is 0 Å². The largest absolute Gasteiger partial charge is 0.392 e. The van der Waals surface area contributed by atoms with Gasteiger partial charge in [-0.15, -0.1) is 0 Å². The molecule has 0 bridgehead atoms. The van der Waals surface area contributed by atoms with Crippen LogP contribution in [0.2, 0.25) is 0 Å². The predicted molar refractivity (Wildman–Crippen MR) is 56.0 cm³/mol. The molecular formula is C11H14N2O. The Kier molecular flexibility index (Phi) is 2.25. The van der Waals surface area contributed by atoms with E-state index in [0.717, 1.165) is 16.5 Å². The summed E-state index contributed by atoms with van der Waals surface area (Å²) in [5.74, 6) is 0. The van der Waals surface area contributed by atoms with Crippen molar-refractivity contribution in [3.63, 3.8) is 0 Å². The third-order valence-corrected chi connectivity index (χ3v) is 2.30. The molecule has 0 aliphatic heterocycles. The molecule has 0 aliphatic rings. The molecule has 0 saturated carbocycles. The molecule has 0 amide bonds. The van der Waals surface area contributed by atoms with Crippen LogP contribution in [-0.4, -0.2) is 14.9 Å². The summed E-state index contributed by atoms with van der Waals surface area (Å²) in [6.45, 7) is 4.27. The van der Waals surface area contributed by atoms with E-state index in [1.807, 2.05) is 29.1 Å². The van der Waals surface area contributed by atoms with E-state index in [1.54, 1.807) is 0 Å². The number of nitrogens with zero attached hydrogens (tertiary/aromatic N) is 2. The highest BCUT2D eigenvalue weighted by Gasteiger charge is 2.03. The molecule has 0 aliphatic carbocycles. The number of benzene rings is 1. The summed E-state index contributed by atoms with van der Waals surface area (Å²) in [7, 11) is 0. The Morgan fingerprint density at radius 1 is 1.43 bits per heavy atom. The zero-order chi connectivity index (χ0) is 10.1. The van der Waals surface area contributed by atoms with Crippen LogP contribution in [0.3, 0.4) is 0 Å². The number of hydrogen-bond donors (Lipinski definition) is 1. The molecule has 0 spiro atoms. The average Bonchev–Trinajstić information content (AvgIpc) is 2.59. The second-order valence-corrected chi connectivity index (χ2v) is 3.75. The van der Waals surface area contributed by atoms with Crippen LogP contribution in [0.15, 0.2) is 24.4 Å². The first-order chi connectivity index (χ1) is 6.70. The van der Waals surface area contributed by atoms with Crippen LogP contribution in [0.5, 0.6) is 0 Å². The van der Waals surface area contributed by atoms with E-state index < -0.39 is 0 Å². The van der Waals surface area contributed by atoms with Gasteiger partial charge in [0.05, 0.1) is 12.1 Å². The number of hydrogen-bond acceptors (Lipinski definition) is 2. The highest BCUT2D eigenvalue weighted by Crippen LogP contribution is 2.16. The number of aromatic nitrogens is 2. The first-order valence-electron chi connectivity index (χ1n) is 4.79. The molecule has 1 aromatic heterocycles. The summed E-state index contributed by atoms with van der Waals surface area (Å²) >= 11 is 0. The van der Waals surface area contributed by atoms with Crippen LogP contribution in [-0.2, 0) is 6.61 Å². The topological polar surface area (TPSA) is 38.0 Å². The van der Waals surface area contributed by atoms with Gasteiger partial charge >= 0.3 is 0 Å². The lowest BCUT2D eigenvalue weighted by atomic mass is 10.2. The van der Waals surface area contributed by atoms with Crippen molar-refractivity contribution >= 4 is 10.9 Å². The van der Waals surface area contributed by atoms with Gasteiger partial charge in [-0.25, -0.2) is 0 Å². The zero-order valence-corrected chi connectivity index (χ0v) is 8.44. The van der Waals surface area contributed by atoms with Gasteiger partial charge in [0.2, 0.25) is 0 Å². The Hall–Kier alpha value is -1.35. The molecule has 3 nitrogen and oxygen atoms in total. The fourth-order valence-corrected chi connectivity index (χ4v) is 1.44. The second-order valence-electron chi connectivity index (χ2n) is 3.75. The van der Waals surface area contributed by atoms with Crippen LogP contribution in [0.1, 0.15) is 25.5 Å². The van der Waals surface area contributed by atoms with E-state index in [-0.39, 0.29) is 6.61 Å². The molecule has 0 unspecified atom stereocenters. The number of aliphatic hydroxyl groups is 1. The molecular weight excluding hydrogens is 176 g/mol. The van der Waals surface area contributed by atoms with Crippen molar-refractivity contribution in [1.29, 1.82) is 0 Å². The van der Waals surface area contributed by atoms with Gasteiger partial charge in [-0.05, 0) is 25.5 Å². The molecule has 74 valence electrons. The van der Waals surface area contributed by atoms with E-state index in [2.05, 4.69) is 18.9 Å². The second kappa shape index (κ2) is 3.42. The molecule has 2 aromatic rings. The fourth-order valence-electron chi connectivity index (χ4n) is 1.44. The van der Waals surface area contributed by atoms with Crippen molar-refractivity contribution < 1.29 is 5.11 Å². The molecule has 0 radical (unpaired) electrons. The number of aliphatic hydroxyl groups excluding tert-OH is 1. The van der Waals surface area contributed by atoms with Crippen molar-refractivity contribution in [3.8, 4) is 0 Å². The van der Waals surface area contributed by atoms with Crippen LogP contribution >= 0.6 is 0 Å². The lowest BCUT2D eigenvalue weighted by Gasteiger charge is -2.02. The minimum atomic E-state index is 0.0739. The van der Waals surface area contributed by atoms with Gasteiger partial charge in [-0.1, -0.05) is 12.1 Å². The van der Waals surface area contributed by atoms with E-state index in [4.69, 9.17) is 5.11 Å². The van der Waals surface area contributed by atoms with Crippen molar-refractivity contribution in [3.05, 3.63) is 30.0 Å². The van der Waals surface area contributed by atoms with Gasteiger partial charge in [-0.3, -0.25) is 4.68 Å². The fraction of sp³-hybridized carbons (Fsp3) is 0.364. The number of fused-ring (bicyclic) bond motifs is 1. The Morgan fingerprint density at radius 3 is 2.86 bits per heavy atom. The molecule has 1 aromatic carbocycles. The first kappa shape index (κ1) is 9.21. The third-order valence-electron chi connectivity index (χ3n) is 2.30. The minimum Gasteiger partial charge on any atom is -0.392 e. The normalized spacial score (nSPS) is 11.4. The maximum Gasteiger partial charge on any atom is 0.0927 e. The Labute approximate surface area is 83.0 Å². The lowest BCUT2D eigenvalue weighted by Crippen LogP contribution is -1.99. The summed E-state index contributed by atoms with van der Waals surface area (Å²) in [4.78, 5) is 0. The Morgan fingerprint density at radius 2 is 2.21 bits per heavy atom. The van der Waals surface area contributed by atoms with Gasteiger partial charge < -0.3 is 5.11 Å². The summed E-state index contributed by atoms with van der Waals surface area (Å²) in [5, 5.41) is 14.5. The van der Waals surface area contributed by atoms with Crippen molar-refractivity contribution in [2.24, 2.45) is 0 Å². The molecule has 2 rings (SSSR count). The molecule has 1 heterocycles. The van der Waals surface area contributed by atoms with Gasteiger partial charge in [0.25, 0.3) is 0 Å². The Bertz CT molecular complexity index is 445. The SMILES string of the molecule is CC(C)n1cc2ccc(CO)cc2n1. The maximum absolute atomic E-state index is 8.98. The van der Waals surface area contributed by atoms with Gasteiger partial charge in [0.1, 0.15) is 0 Å². The van der Waals surface area contributed by atoms with Crippen molar-refractivity contribution in [1.82, 2.24) is 9.78 Å². The summed E-state index contributed by atoms with van der Waals surface area (Å²) < 4.78 is 1.94. The highest BCUT2D eigenvalue weighted by molar-refractivity contribution is 5.78. The summed E-state index contributed by atoms with van der Waals surface area (Å²) in [6.07, 6.45) is 2.03. The molecule has 3 heteroatoms. The third kappa shape index (κ3) is 1.51. The lowest BCUT2D eigenvalue weighted by molar-refractivity contribution is 0.282. The number of rotatable bonds is 2. The quantitative estimate of drug-likeness (QED) is 0.787. The van der Waals surface area contributed by atoms with E-state index in [1.165, 1.54) is 0 Å². The van der Waals surface area contributed by atoms with Gasteiger partial charge in [0.15, 0.2) is 0 Å². The monoisotopic (exact) mass is 190 g/mol. The molecule has 0 fully saturated rings. The molecule has 14 heavy (non-hydrogen) atoms. The molecule has 1 N–H and O–H groups in total. The van der Waals surface area contributed by atoms with Gasteiger partial charge in [0, 0.05) is 17.6 Å². The first-order valence-corrected chi connectivity index (χ1v) is 4.79. The van der Waals surface area contributed by atoms with E-state index in [9.17, 15) is 0 Å². The minimum absolute atomic E-state index is 0.0739. The van der Waals surface area contributed by atoms with Crippen LogP contribution in [0.25, 0.3) is 10.9 Å². The van der Waals surface area contributed by atoms with E-state index in [0.29, 0.717) is 6.04 Å². The highest BCUT2D eigenvalue weighted by atomic mass is 16.3. The smallest absolute Gasteiger partial charge is 0.0927 e. The van der Waals surface area contributed by atoms with Crippen LogP contribution in [0.4, 0.5) is 0 Å². The Balaban J connectivity index is 2.54. The van der Waals surface area contributed by atoms with Crippen molar-refractivity contribution in [2.75, 3.05) is 0 Å². The summed E-state index contributed by atoms with van der Waals surface area (Å²) in [6, 6.07) is 6.22. The van der Waals surface area contributed by atoms with Crippen LogP contribution in [0, 0.1) is 0 Å². The van der Waals surface area contributed by atoms with Crippen molar-refractivity contribution in [2.45, 2.75) is 26.5 Å².